The quantitative estimate of drug-likeness (QED) is 0.345. The number of nitrogens with zero attached hydrogens (tertiary/aromatic N) is 1. The van der Waals surface area contributed by atoms with Gasteiger partial charge < -0.3 is 10.2 Å². The first-order valence-electron chi connectivity index (χ1n) is 10.2. The highest BCUT2D eigenvalue weighted by Gasteiger charge is 2.47. The second-order valence-electron chi connectivity index (χ2n) is 7.74. The number of hydrogen-bond acceptors (Lipinski definition) is 4. The summed E-state index contributed by atoms with van der Waals surface area (Å²) in [6, 6.07) is 17.9. The van der Waals surface area contributed by atoms with Crippen LogP contribution in [0.4, 0.5) is 10.1 Å². The molecule has 0 radical (unpaired) electrons. The number of aliphatic carboxylic acids is 1. The van der Waals surface area contributed by atoms with Crippen molar-refractivity contribution in [3.8, 4) is 0 Å². The first-order valence-corrected chi connectivity index (χ1v) is 10.2. The lowest BCUT2D eigenvalue weighted by atomic mass is 9.92. The molecule has 0 spiro atoms. The molecule has 0 aliphatic carbocycles. The number of aliphatic hydroxyl groups is 1. The molecule has 3 aromatic carbocycles. The van der Waals surface area contributed by atoms with Crippen molar-refractivity contribution in [2.75, 3.05) is 4.90 Å². The average Bonchev–Trinajstić information content (AvgIpc) is 3.05. The molecule has 1 amide bonds. The van der Waals surface area contributed by atoms with Gasteiger partial charge in [-0.05, 0) is 47.9 Å². The molecular weight excluding hydrogens is 425 g/mol. The van der Waals surface area contributed by atoms with Crippen LogP contribution in [0.5, 0.6) is 0 Å². The van der Waals surface area contributed by atoms with Crippen molar-refractivity contribution in [2.45, 2.75) is 19.4 Å². The van der Waals surface area contributed by atoms with E-state index in [0.29, 0.717) is 16.8 Å². The molecule has 4 rings (SSSR count). The number of halogens is 1. The van der Waals surface area contributed by atoms with Gasteiger partial charge in [-0.15, -0.1) is 0 Å². The largest absolute Gasteiger partial charge is 0.507 e. The number of ketones is 1. The first kappa shape index (κ1) is 22.0. The van der Waals surface area contributed by atoms with Crippen LogP contribution in [0, 0.1) is 12.7 Å². The van der Waals surface area contributed by atoms with Crippen LogP contribution in [0.2, 0.25) is 0 Å². The van der Waals surface area contributed by atoms with E-state index in [2.05, 4.69) is 0 Å². The summed E-state index contributed by atoms with van der Waals surface area (Å²) in [5.41, 5.74) is 1.87. The van der Waals surface area contributed by atoms with E-state index in [9.17, 15) is 23.9 Å². The summed E-state index contributed by atoms with van der Waals surface area (Å²) >= 11 is 0. The minimum atomic E-state index is -0.993. The summed E-state index contributed by atoms with van der Waals surface area (Å²) in [6.45, 7) is 1.81. The van der Waals surface area contributed by atoms with Gasteiger partial charge in [-0.1, -0.05) is 48.5 Å². The Morgan fingerprint density at radius 2 is 1.58 bits per heavy atom. The zero-order valence-electron chi connectivity index (χ0n) is 17.7. The molecule has 1 heterocycles. The molecule has 1 unspecified atom stereocenters. The molecule has 0 bridgehead atoms. The molecule has 33 heavy (non-hydrogen) atoms. The van der Waals surface area contributed by atoms with Crippen molar-refractivity contribution in [3.63, 3.8) is 0 Å². The second-order valence-corrected chi connectivity index (χ2v) is 7.74. The van der Waals surface area contributed by atoms with Crippen LogP contribution < -0.4 is 4.90 Å². The van der Waals surface area contributed by atoms with Crippen molar-refractivity contribution in [1.82, 2.24) is 0 Å². The Kier molecular flexibility index (Phi) is 5.79. The van der Waals surface area contributed by atoms with Crippen LogP contribution in [0.25, 0.3) is 5.76 Å². The van der Waals surface area contributed by atoms with Gasteiger partial charge in [0, 0.05) is 5.69 Å². The van der Waals surface area contributed by atoms with E-state index >= 15 is 0 Å². The number of hydrogen-bond donors (Lipinski definition) is 2. The monoisotopic (exact) mass is 445 g/mol. The van der Waals surface area contributed by atoms with Gasteiger partial charge in [0.15, 0.2) is 0 Å². The zero-order chi connectivity index (χ0) is 23.7. The summed E-state index contributed by atoms with van der Waals surface area (Å²) in [4.78, 5) is 38.5. The SMILES string of the molecule is Cc1ccccc1C1/C(=C(\O)c2ccccc2F)C(=O)C(=O)N1c1ccc(CC(=O)O)cc1. The third kappa shape index (κ3) is 4.01. The number of aryl methyl sites for hydroxylation is 1. The third-order valence-corrected chi connectivity index (χ3v) is 5.63. The lowest BCUT2D eigenvalue weighted by molar-refractivity contribution is -0.136. The number of Topliss-reactive ketones (excluding diaryl/α,β-unsaturated/α-hetero) is 1. The molecule has 166 valence electrons. The highest BCUT2D eigenvalue weighted by molar-refractivity contribution is 6.51. The molecule has 6 nitrogen and oxygen atoms in total. The summed E-state index contributed by atoms with van der Waals surface area (Å²) in [6.07, 6.45) is -0.187. The van der Waals surface area contributed by atoms with Crippen molar-refractivity contribution in [2.24, 2.45) is 0 Å². The number of anilines is 1. The average molecular weight is 445 g/mol. The lowest BCUT2D eigenvalue weighted by Crippen LogP contribution is -2.29. The van der Waals surface area contributed by atoms with E-state index in [1.807, 2.05) is 19.1 Å². The normalized spacial score (nSPS) is 17.4. The molecule has 3 aromatic rings. The van der Waals surface area contributed by atoms with E-state index in [4.69, 9.17) is 5.11 Å². The van der Waals surface area contributed by atoms with Gasteiger partial charge in [-0.3, -0.25) is 19.3 Å². The van der Waals surface area contributed by atoms with Gasteiger partial charge in [0.25, 0.3) is 11.7 Å². The van der Waals surface area contributed by atoms with Gasteiger partial charge in [0.2, 0.25) is 0 Å². The second kappa shape index (κ2) is 8.70. The van der Waals surface area contributed by atoms with Gasteiger partial charge in [-0.25, -0.2) is 4.39 Å². The smallest absolute Gasteiger partial charge is 0.307 e. The maximum atomic E-state index is 14.4. The van der Waals surface area contributed by atoms with Crippen LogP contribution in [0.3, 0.4) is 0 Å². The van der Waals surface area contributed by atoms with Crippen molar-refractivity contribution >= 4 is 29.1 Å². The van der Waals surface area contributed by atoms with E-state index in [1.165, 1.54) is 23.1 Å². The zero-order valence-corrected chi connectivity index (χ0v) is 17.7. The molecule has 1 aliphatic rings. The fourth-order valence-corrected chi connectivity index (χ4v) is 4.03. The van der Waals surface area contributed by atoms with Crippen molar-refractivity contribution < 1.29 is 29.0 Å². The Bertz CT molecular complexity index is 1300. The number of carbonyl (C=O) groups is 3. The Hall–Kier alpha value is -4.26. The van der Waals surface area contributed by atoms with Crippen LogP contribution in [0.15, 0.2) is 78.4 Å². The Balaban J connectivity index is 1.92. The Morgan fingerprint density at radius 1 is 0.939 bits per heavy atom. The molecule has 1 fully saturated rings. The predicted octanol–water partition coefficient (Wildman–Crippen LogP) is 4.39. The maximum absolute atomic E-state index is 14.4. The Labute approximate surface area is 189 Å². The van der Waals surface area contributed by atoms with Crippen LogP contribution in [-0.2, 0) is 20.8 Å². The molecule has 0 saturated carbocycles. The maximum Gasteiger partial charge on any atom is 0.307 e. The van der Waals surface area contributed by atoms with Gasteiger partial charge in [0.05, 0.1) is 23.6 Å². The number of carbonyl (C=O) groups excluding carboxylic acids is 2. The van der Waals surface area contributed by atoms with Crippen LogP contribution >= 0.6 is 0 Å². The fourth-order valence-electron chi connectivity index (χ4n) is 4.03. The summed E-state index contributed by atoms with van der Waals surface area (Å²) < 4.78 is 14.4. The Morgan fingerprint density at radius 3 is 2.21 bits per heavy atom. The lowest BCUT2D eigenvalue weighted by Gasteiger charge is -2.26. The molecule has 7 heteroatoms. The number of amides is 1. The van der Waals surface area contributed by atoms with Gasteiger partial charge in [0.1, 0.15) is 11.6 Å². The van der Waals surface area contributed by atoms with Gasteiger partial charge >= 0.3 is 5.97 Å². The van der Waals surface area contributed by atoms with Crippen molar-refractivity contribution in [3.05, 3.63) is 106 Å². The highest BCUT2D eigenvalue weighted by atomic mass is 19.1. The van der Waals surface area contributed by atoms with Gasteiger partial charge in [-0.2, -0.15) is 0 Å². The number of carboxylic acids is 1. The number of aliphatic hydroxyl groups excluding tert-OH is 1. The minimum Gasteiger partial charge on any atom is -0.507 e. The topological polar surface area (TPSA) is 94.9 Å². The van der Waals surface area contributed by atoms with E-state index in [0.717, 1.165) is 11.6 Å². The number of carboxylic acid groups (broad SMARTS) is 1. The molecule has 1 atom stereocenters. The minimum absolute atomic E-state index is 0.175. The number of rotatable bonds is 5. The standard InChI is InChI=1S/C26H20FNO5/c1-15-6-2-3-7-18(15)23-22(24(31)19-8-4-5-9-20(19)27)25(32)26(33)28(23)17-12-10-16(11-13-17)14-21(29)30/h2-13,23,31H,14H2,1H3,(H,29,30)/b24-22+. The molecule has 1 aliphatic heterocycles. The summed E-state index contributed by atoms with van der Waals surface area (Å²) in [5, 5.41) is 20.0. The predicted molar refractivity (Wildman–Crippen MR) is 120 cm³/mol. The fraction of sp³-hybridized carbons (Fsp3) is 0.115. The summed E-state index contributed by atoms with van der Waals surface area (Å²) in [7, 11) is 0. The summed E-state index contributed by atoms with van der Waals surface area (Å²) in [5.74, 6) is -4.11. The highest BCUT2D eigenvalue weighted by Crippen LogP contribution is 2.43. The molecule has 1 saturated heterocycles. The van der Waals surface area contributed by atoms with Crippen LogP contribution in [0.1, 0.15) is 28.3 Å². The molecular formula is C26H20FNO5. The molecule has 2 N–H and O–H groups in total. The molecule has 0 aromatic heterocycles. The first-order chi connectivity index (χ1) is 15.8. The van der Waals surface area contributed by atoms with Crippen molar-refractivity contribution in [1.29, 1.82) is 0 Å². The van der Waals surface area contributed by atoms with E-state index in [-0.39, 0.29) is 17.6 Å². The van der Waals surface area contributed by atoms with Crippen LogP contribution in [-0.4, -0.2) is 27.9 Å². The third-order valence-electron chi connectivity index (χ3n) is 5.63. The van der Waals surface area contributed by atoms with E-state index < -0.39 is 35.3 Å². The van der Waals surface area contributed by atoms with E-state index in [1.54, 1.807) is 36.4 Å². The number of benzene rings is 3.